The number of hydrogen-bond acceptors (Lipinski definition) is 3. The van der Waals surface area contributed by atoms with Gasteiger partial charge in [0.1, 0.15) is 12.4 Å². The van der Waals surface area contributed by atoms with Gasteiger partial charge in [0.15, 0.2) is 0 Å². The molecular weight excluding hydrogens is 278 g/mol. The Balaban J connectivity index is 1.96. The lowest BCUT2D eigenvalue weighted by Gasteiger charge is -2.19. The predicted octanol–water partition coefficient (Wildman–Crippen LogP) is 2.72. The van der Waals surface area contributed by atoms with Crippen molar-refractivity contribution in [3.63, 3.8) is 0 Å². The number of rotatable bonds is 7. The molecule has 0 saturated carbocycles. The van der Waals surface area contributed by atoms with E-state index in [2.05, 4.69) is 0 Å². The molecule has 2 aromatic carbocycles. The van der Waals surface area contributed by atoms with Gasteiger partial charge in [0.2, 0.25) is 0 Å². The Kier molecular flexibility index (Phi) is 5.98. The van der Waals surface area contributed by atoms with Crippen LogP contribution < -0.4 is 4.74 Å². The van der Waals surface area contributed by atoms with Crippen LogP contribution in [0.5, 0.6) is 5.75 Å². The Morgan fingerprint density at radius 3 is 2.36 bits per heavy atom. The van der Waals surface area contributed by atoms with Gasteiger partial charge in [-0.1, -0.05) is 30.3 Å². The van der Waals surface area contributed by atoms with E-state index in [-0.39, 0.29) is 12.5 Å². The lowest BCUT2D eigenvalue weighted by atomic mass is 10.1. The topological polar surface area (TPSA) is 49.8 Å². The van der Waals surface area contributed by atoms with Crippen molar-refractivity contribution >= 4 is 5.91 Å². The van der Waals surface area contributed by atoms with Gasteiger partial charge in [-0.3, -0.25) is 4.79 Å². The minimum absolute atomic E-state index is 0.0252. The fourth-order valence-corrected chi connectivity index (χ4v) is 2.13. The number of hydrogen-bond donors (Lipinski definition) is 1. The number of amides is 1. The second-order valence-electron chi connectivity index (χ2n) is 4.91. The Morgan fingerprint density at radius 1 is 1.09 bits per heavy atom. The summed E-state index contributed by atoms with van der Waals surface area (Å²) in [5.41, 5.74) is 1.63. The highest BCUT2D eigenvalue weighted by Crippen LogP contribution is 2.13. The SMILES string of the molecule is CCN(CCO)C(=O)c1ccc(COc2ccccc2)cc1. The first kappa shape index (κ1) is 16.0. The highest BCUT2D eigenvalue weighted by Gasteiger charge is 2.13. The van der Waals surface area contributed by atoms with Crippen molar-refractivity contribution in [2.45, 2.75) is 13.5 Å². The third-order valence-electron chi connectivity index (χ3n) is 3.39. The second kappa shape index (κ2) is 8.20. The quantitative estimate of drug-likeness (QED) is 0.855. The summed E-state index contributed by atoms with van der Waals surface area (Å²) in [6.07, 6.45) is 0. The maximum absolute atomic E-state index is 12.2. The van der Waals surface area contributed by atoms with Crippen LogP contribution in [0.15, 0.2) is 54.6 Å². The van der Waals surface area contributed by atoms with E-state index in [1.54, 1.807) is 17.0 Å². The Bertz CT molecular complexity index is 581. The molecule has 0 radical (unpaired) electrons. The molecule has 22 heavy (non-hydrogen) atoms. The summed E-state index contributed by atoms with van der Waals surface area (Å²) in [5.74, 6) is 0.759. The number of likely N-dealkylation sites (N-methyl/N-ethyl adjacent to an activating group) is 1. The summed E-state index contributed by atoms with van der Waals surface area (Å²) in [5, 5.41) is 8.98. The van der Waals surface area contributed by atoms with Crippen LogP contribution in [-0.4, -0.2) is 35.6 Å². The summed E-state index contributed by atoms with van der Waals surface area (Å²) < 4.78 is 5.67. The van der Waals surface area contributed by atoms with Crippen molar-refractivity contribution in [3.05, 3.63) is 65.7 Å². The summed E-state index contributed by atoms with van der Waals surface area (Å²) in [6.45, 7) is 3.28. The van der Waals surface area contributed by atoms with Gasteiger partial charge in [-0.15, -0.1) is 0 Å². The third-order valence-corrected chi connectivity index (χ3v) is 3.39. The molecule has 0 unspecified atom stereocenters. The first-order valence-electron chi connectivity index (χ1n) is 7.41. The molecule has 0 spiro atoms. The van der Waals surface area contributed by atoms with E-state index >= 15 is 0 Å². The van der Waals surface area contributed by atoms with Crippen molar-refractivity contribution in [1.29, 1.82) is 0 Å². The average Bonchev–Trinajstić information content (AvgIpc) is 2.58. The van der Waals surface area contributed by atoms with Gasteiger partial charge < -0.3 is 14.7 Å². The molecule has 1 amide bonds. The highest BCUT2D eigenvalue weighted by molar-refractivity contribution is 5.94. The van der Waals surface area contributed by atoms with Gasteiger partial charge in [-0.2, -0.15) is 0 Å². The van der Waals surface area contributed by atoms with E-state index < -0.39 is 0 Å². The van der Waals surface area contributed by atoms with Gasteiger partial charge >= 0.3 is 0 Å². The second-order valence-corrected chi connectivity index (χ2v) is 4.91. The molecule has 0 aromatic heterocycles. The standard InChI is InChI=1S/C18H21NO3/c1-2-19(12-13-20)18(21)16-10-8-15(9-11-16)14-22-17-6-4-3-5-7-17/h3-11,20H,2,12-14H2,1H3. The Labute approximate surface area is 131 Å². The molecular formula is C18H21NO3. The molecule has 4 heteroatoms. The van der Waals surface area contributed by atoms with E-state index in [0.29, 0.717) is 25.3 Å². The molecule has 0 heterocycles. The number of aliphatic hydroxyl groups excluding tert-OH is 1. The number of carbonyl (C=O) groups excluding carboxylic acids is 1. The molecule has 4 nitrogen and oxygen atoms in total. The van der Waals surface area contributed by atoms with Gasteiger partial charge in [0.25, 0.3) is 5.91 Å². The number of benzene rings is 2. The largest absolute Gasteiger partial charge is 0.489 e. The van der Waals surface area contributed by atoms with Crippen LogP contribution in [0.25, 0.3) is 0 Å². The van der Waals surface area contributed by atoms with E-state index in [1.165, 1.54) is 0 Å². The molecule has 0 aliphatic heterocycles. The highest BCUT2D eigenvalue weighted by atomic mass is 16.5. The lowest BCUT2D eigenvalue weighted by molar-refractivity contribution is 0.0732. The molecule has 0 bridgehead atoms. The molecule has 0 aliphatic rings. The number of carbonyl (C=O) groups is 1. The predicted molar refractivity (Wildman–Crippen MR) is 85.9 cm³/mol. The van der Waals surface area contributed by atoms with Crippen LogP contribution in [-0.2, 0) is 6.61 Å². The minimum Gasteiger partial charge on any atom is -0.489 e. The number of ether oxygens (including phenoxy) is 1. The molecule has 0 aliphatic carbocycles. The van der Waals surface area contributed by atoms with Crippen LogP contribution in [0.1, 0.15) is 22.8 Å². The maximum atomic E-state index is 12.2. The smallest absolute Gasteiger partial charge is 0.253 e. The summed E-state index contributed by atoms with van der Waals surface area (Å²) in [4.78, 5) is 13.9. The summed E-state index contributed by atoms with van der Waals surface area (Å²) in [6, 6.07) is 17.0. The zero-order valence-electron chi connectivity index (χ0n) is 12.7. The fraction of sp³-hybridized carbons (Fsp3) is 0.278. The van der Waals surface area contributed by atoms with E-state index in [4.69, 9.17) is 9.84 Å². The van der Waals surface area contributed by atoms with Crippen LogP contribution in [0.3, 0.4) is 0 Å². The molecule has 0 saturated heterocycles. The normalized spacial score (nSPS) is 10.3. The zero-order valence-corrected chi connectivity index (χ0v) is 12.7. The van der Waals surface area contributed by atoms with Crippen LogP contribution in [0, 0.1) is 0 Å². The van der Waals surface area contributed by atoms with Crippen molar-refractivity contribution in [2.24, 2.45) is 0 Å². The number of para-hydroxylation sites is 1. The van der Waals surface area contributed by atoms with E-state index in [0.717, 1.165) is 11.3 Å². The average molecular weight is 299 g/mol. The molecule has 1 N–H and O–H groups in total. The lowest BCUT2D eigenvalue weighted by Crippen LogP contribution is -2.33. The first-order chi connectivity index (χ1) is 10.7. The van der Waals surface area contributed by atoms with Crippen LogP contribution >= 0.6 is 0 Å². The molecule has 0 fully saturated rings. The molecule has 2 rings (SSSR count). The maximum Gasteiger partial charge on any atom is 0.253 e. The number of nitrogens with zero attached hydrogens (tertiary/aromatic N) is 1. The van der Waals surface area contributed by atoms with Gasteiger partial charge in [0, 0.05) is 18.7 Å². The molecule has 116 valence electrons. The number of aliphatic hydroxyl groups is 1. The Hall–Kier alpha value is -2.33. The third kappa shape index (κ3) is 4.33. The first-order valence-corrected chi connectivity index (χ1v) is 7.41. The van der Waals surface area contributed by atoms with Gasteiger partial charge in [0.05, 0.1) is 6.61 Å². The van der Waals surface area contributed by atoms with Gasteiger partial charge in [-0.25, -0.2) is 0 Å². The van der Waals surface area contributed by atoms with Crippen molar-refractivity contribution < 1.29 is 14.6 Å². The van der Waals surface area contributed by atoms with Crippen molar-refractivity contribution in [2.75, 3.05) is 19.7 Å². The van der Waals surface area contributed by atoms with E-state index in [9.17, 15) is 4.79 Å². The van der Waals surface area contributed by atoms with Crippen LogP contribution in [0.4, 0.5) is 0 Å². The van der Waals surface area contributed by atoms with E-state index in [1.807, 2.05) is 49.4 Å². The molecule has 2 aromatic rings. The zero-order chi connectivity index (χ0) is 15.8. The van der Waals surface area contributed by atoms with Gasteiger partial charge in [-0.05, 0) is 36.8 Å². The monoisotopic (exact) mass is 299 g/mol. The molecule has 0 atom stereocenters. The van der Waals surface area contributed by atoms with Crippen molar-refractivity contribution in [1.82, 2.24) is 4.90 Å². The fourth-order valence-electron chi connectivity index (χ4n) is 2.13. The van der Waals surface area contributed by atoms with Crippen molar-refractivity contribution in [3.8, 4) is 5.75 Å². The summed E-state index contributed by atoms with van der Waals surface area (Å²) >= 11 is 0. The Morgan fingerprint density at radius 2 is 1.77 bits per heavy atom. The summed E-state index contributed by atoms with van der Waals surface area (Å²) in [7, 11) is 0. The minimum atomic E-state index is -0.0629. The van der Waals surface area contributed by atoms with Crippen LogP contribution in [0.2, 0.25) is 0 Å².